The average molecular weight is 499 g/mol. The second-order valence-electron chi connectivity index (χ2n) is 10.5. The van der Waals surface area contributed by atoms with Crippen LogP contribution in [0.1, 0.15) is 43.7 Å². The van der Waals surface area contributed by atoms with Gasteiger partial charge in [-0.25, -0.2) is 4.79 Å². The molecule has 2 heterocycles. The SMILES string of the molecule is CC(COC(=O)N1C2CC[C@H]1CC(Nc1ccccc1N)C2)N(Cc1ccccc1)Cc1ccccc1. The van der Waals surface area contributed by atoms with Crippen LogP contribution in [0.15, 0.2) is 84.9 Å². The van der Waals surface area contributed by atoms with Crippen molar-refractivity contribution in [2.75, 3.05) is 17.7 Å². The summed E-state index contributed by atoms with van der Waals surface area (Å²) in [4.78, 5) is 17.7. The van der Waals surface area contributed by atoms with Gasteiger partial charge in [0.05, 0.1) is 11.4 Å². The Kier molecular flexibility index (Phi) is 7.95. The first-order chi connectivity index (χ1) is 18.1. The minimum atomic E-state index is -0.170. The summed E-state index contributed by atoms with van der Waals surface area (Å²) < 4.78 is 5.96. The standard InChI is InChI=1S/C31H38N4O2/c1-23(34(20-24-10-4-2-5-11-24)21-25-12-6-3-7-13-25)22-37-31(36)35-27-16-17-28(35)19-26(18-27)33-30-15-9-8-14-29(30)32/h2-15,23,26-28,33H,16-22,32H2,1H3/t23?,26?,27-,28?/m0/s1. The van der Waals surface area contributed by atoms with Gasteiger partial charge in [-0.2, -0.15) is 0 Å². The van der Waals surface area contributed by atoms with Gasteiger partial charge in [-0.05, 0) is 55.9 Å². The van der Waals surface area contributed by atoms with Crippen LogP contribution in [0.2, 0.25) is 0 Å². The second-order valence-corrected chi connectivity index (χ2v) is 10.5. The Morgan fingerprint density at radius 2 is 1.46 bits per heavy atom. The van der Waals surface area contributed by atoms with E-state index in [-0.39, 0.29) is 24.2 Å². The van der Waals surface area contributed by atoms with Crippen LogP contribution in [0.4, 0.5) is 16.2 Å². The molecule has 0 aliphatic carbocycles. The van der Waals surface area contributed by atoms with E-state index in [9.17, 15) is 4.79 Å². The van der Waals surface area contributed by atoms with E-state index >= 15 is 0 Å². The third-order valence-electron chi connectivity index (χ3n) is 7.79. The van der Waals surface area contributed by atoms with Crippen LogP contribution in [0.25, 0.3) is 0 Å². The fourth-order valence-electron chi connectivity index (χ4n) is 5.82. The van der Waals surface area contributed by atoms with Gasteiger partial charge in [0.15, 0.2) is 0 Å². The van der Waals surface area contributed by atoms with Crippen LogP contribution < -0.4 is 11.1 Å². The zero-order valence-corrected chi connectivity index (χ0v) is 21.6. The number of rotatable bonds is 9. The molecule has 3 aromatic rings. The highest BCUT2D eigenvalue weighted by molar-refractivity contribution is 5.70. The Bertz CT molecular complexity index is 1100. The Labute approximate surface area is 220 Å². The topological polar surface area (TPSA) is 70.8 Å². The molecule has 1 amide bonds. The number of nitrogen functional groups attached to an aromatic ring is 1. The minimum Gasteiger partial charge on any atom is -0.448 e. The van der Waals surface area contributed by atoms with Crippen LogP contribution in [-0.4, -0.2) is 46.7 Å². The molecule has 2 saturated heterocycles. The summed E-state index contributed by atoms with van der Waals surface area (Å²) in [7, 11) is 0. The van der Waals surface area contributed by atoms with Crippen LogP contribution in [0, 0.1) is 0 Å². The van der Waals surface area contributed by atoms with Crippen LogP contribution >= 0.6 is 0 Å². The number of hydrogen-bond acceptors (Lipinski definition) is 5. The lowest BCUT2D eigenvalue weighted by molar-refractivity contribution is 0.0429. The van der Waals surface area contributed by atoms with Gasteiger partial charge in [0, 0.05) is 37.3 Å². The molecule has 2 bridgehead atoms. The van der Waals surface area contributed by atoms with Gasteiger partial charge in [0.2, 0.25) is 0 Å². The Balaban J connectivity index is 1.18. The molecule has 0 aromatic heterocycles. The Morgan fingerprint density at radius 3 is 2.03 bits per heavy atom. The van der Waals surface area contributed by atoms with E-state index < -0.39 is 0 Å². The van der Waals surface area contributed by atoms with Crippen molar-refractivity contribution >= 4 is 17.5 Å². The number of fused-ring (bicyclic) bond motifs is 2. The van der Waals surface area contributed by atoms with Crippen molar-refractivity contribution in [1.29, 1.82) is 0 Å². The number of nitrogens with one attached hydrogen (secondary N) is 1. The van der Waals surface area contributed by atoms with E-state index in [1.54, 1.807) is 0 Å². The average Bonchev–Trinajstić information content (AvgIpc) is 3.19. The molecular formula is C31H38N4O2. The highest BCUT2D eigenvalue weighted by Gasteiger charge is 2.44. The number of carbonyl (C=O) groups is 1. The summed E-state index contributed by atoms with van der Waals surface area (Å²) in [5.74, 6) is 0. The number of piperidine rings is 1. The molecule has 0 spiro atoms. The van der Waals surface area contributed by atoms with Crippen molar-refractivity contribution in [2.45, 2.75) is 69.9 Å². The van der Waals surface area contributed by atoms with E-state index in [2.05, 4.69) is 65.7 Å². The molecule has 2 aliphatic heterocycles. The third-order valence-corrected chi connectivity index (χ3v) is 7.79. The van der Waals surface area contributed by atoms with Gasteiger partial charge in [0.25, 0.3) is 0 Å². The predicted octanol–water partition coefficient (Wildman–Crippen LogP) is 5.90. The number of amides is 1. The molecule has 0 radical (unpaired) electrons. The van der Waals surface area contributed by atoms with Gasteiger partial charge in [0.1, 0.15) is 6.61 Å². The largest absolute Gasteiger partial charge is 0.448 e. The predicted molar refractivity (Wildman–Crippen MR) is 149 cm³/mol. The molecule has 2 fully saturated rings. The highest BCUT2D eigenvalue weighted by atomic mass is 16.6. The molecule has 3 N–H and O–H groups in total. The Hall–Kier alpha value is -3.51. The molecule has 3 unspecified atom stereocenters. The zero-order chi connectivity index (χ0) is 25.6. The normalized spacial score (nSPS) is 21.6. The monoisotopic (exact) mass is 498 g/mol. The van der Waals surface area contributed by atoms with Crippen molar-refractivity contribution in [2.24, 2.45) is 0 Å². The third kappa shape index (κ3) is 6.25. The Morgan fingerprint density at radius 1 is 0.919 bits per heavy atom. The first kappa shape index (κ1) is 25.2. The van der Waals surface area contributed by atoms with Crippen molar-refractivity contribution in [3.63, 3.8) is 0 Å². The number of anilines is 2. The molecule has 37 heavy (non-hydrogen) atoms. The molecule has 194 valence electrons. The van der Waals surface area contributed by atoms with Gasteiger partial charge >= 0.3 is 6.09 Å². The highest BCUT2D eigenvalue weighted by Crippen LogP contribution is 2.37. The first-order valence-corrected chi connectivity index (χ1v) is 13.4. The summed E-state index contributed by atoms with van der Waals surface area (Å²) in [6, 6.07) is 29.7. The lowest BCUT2D eigenvalue weighted by Gasteiger charge is -2.39. The van der Waals surface area contributed by atoms with E-state index in [4.69, 9.17) is 10.5 Å². The van der Waals surface area contributed by atoms with Gasteiger partial charge in [-0.1, -0.05) is 72.8 Å². The molecule has 6 heteroatoms. The number of carbonyl (C=O) groups excluding carboxylic acids is 1. The molecule has 2 aliphatic rings. The molecule has 4 atom stereocenters. The number of benzene rings is 3. The van der Waals surface area contributed by atoms with Crippen molar-refractivity contribution in [3.8, 4) is 0 Å². The van der Waals surface area contributed by atoms with Crippen LogP contribution in [0.5, 0.6) is 0 Å². The fourth-order valence-corrected chi connectivity index (χ4v) is 5.82. The maximum atomic E-state index is 13.3. The molecule has 6 nitrogen and oxygen atoms in total. The minimum absolute atomic E-state index is 0.0854. The van der Waals surface area contributed by atoms with Crippen molar-refractivity contribution in [3.05, 3.63) is 96.1 Å². The number of hydrogen-bond donors (Lipinski definition) is 2. The second kappa shape index (κ2) is 11.7. The summed E-state index contributed by atoms with van der Waals surface area (Å²) in [6.45, 7) is 4.13. The maximum Gasteiger partial charge on any atom is 0.410 e. The lowest BCUT2D eigenvalue weighted by Crippen LogP contribution is -2.50. The lowest BCUT2D eigenvalue weighted by atomic mass is 9.97. The smallest absolute Gasteiger partial charge is 0.410 e. The summed E-state index contributed by atoms with van der Waals surface area (Å²) in [6.07, 6.45) is 3.74. The summed E-state index contributed by atoms with van der Waals surface area (Å²) >= 11 is 0. The van der Waals surface area contributed by atoms with E-state index in [0.717, 1.165) is 50.1 Å². The maximum absolute atomic E-state index is 13.3. The molecule has 0 saturated carbocycles. The summed E-state index contributed by atoms with van der Waals surface area (Å²) in [5, 5.41) is 3.61. The molecule has 3 aromatic carbocycles. The van der Waals surface area contributed by atoms with Crippen molar-refractivity contribution < 1.29 is 9.53 Å². The fraction of sp³-hybridized carbons (Fsp3) is 0.387. The van der Waals surface area contributed by atoms with E-state index in [1.807, 2.05) is 41.3 Å². The summed E-state index contributed by atoms with van der Waals surface area (Å²) in [5.41, 5.74) is 10.4. The van der Waals surface area contributed by atoms with Crippen molar-refractivity contribution in [1.82, 2.24) is 9.80 Å². The quantitative estimate of drug-likeness (QED) is 0.359. The van der Waals surface area contributed by atoms with Gasteiger partial charge in [-0.3, -0.25) is 4.90 Å². The van der Waals surface area contributed by atoms with Crippen LogP contribution in [-0.2, 0) is 17.8 Å². The van der Waals surface area contributed by atoms with Gasteiger partial charge < -0.3 is 20.7 Å². The number of nitrogens with zero attached hydrogens (tertiary/aromatic N) is 2. The number of nitrogens with two attached hydrogens (primary N) is 1. The number of para-hydroxylation sites is 2. The first-order valence-electron chi connectivity index (χ1n) is 13.4. The van der Waals surface area contributed by atoms with E-state index in [1.165, 1.54) is 11.1 Å². The zero-order valence-electron chi connectivity index (χ0n) is 21.6. The molecule has 5 rings (SSSR count). The molecular weight excluding hydrogens is 460 g/mol. The van der Waals surface area contributed by atoms with Crippen LogP contribution in [0.3, 0.4) is 0 Å². The van der Waals surface area contributed by atoms with Gasteiger partial charge in [-0.15, -0.1) is 0 Å². The van der Waals surface area contributed by atoms with E-state index in [0.29, 0.717) is 12.6 Å². The number of ether oxygens (including phenoxy) is 1.